The summed E-state index contributed by atoms with van der Waals surface area (Å²) in [5.74, 6) is -2.49. The highest BCUT2D eigenvalue weighted by Gasteiger charge is 2.28. The van der Waals surface area contributed by atoms with Crippen molar-refractivity contribution < 1.29 is 14.4 Å². The molecule has 32 heavy (non-hydrogen) atoms. The molecule has 2 amide bonds. The lowest BCUT2D eigenvalue weighted by atomic mass is 10.0. The third-order valence-corrected chi connectivity index (χ3v) is 5.13. The van der Waals surface area contributed by atoms with Gasteiger partial charge in [0.25, 0.3) is 11.8 Å². The van der Waals surface area contributed by atoms with Crippen molar-refractivity contribution in [2.75, 3.05) is 0 Å². The van der Waals surface area contributed by atoms with Crippen molar-refractivity contribution in [2.24, 2.45) is 19.8 Å². The summed E-state index contributed by atoms with van der Waals surface area (Å²) in [5, 5.41) is 12.5. The zero-order valence-electron chi connectivity index (χ0n) is 17.6. The van der Waals surface area contributed by atoms with Gasteiger partial charge in [0.05, 0.1) is 5.56 Å². The summed E-state index contributed by atoms with van der Waals surface area (Å²) in [6, 6.07) is 13.6. The van der Waals surface area contributed by atoms with Crippen LogP contribution < -0.4 is 11.1 Å². The minimum absolute atomic E-state index is 0.139. The van der Waals surface area contributed by atoms with Crippen LogP contribution in [-0.4, -0.2) is 43.2 Å². The van der Waals surface area contributed by atoms with Crippen molar-refractivity contribution in [2.45, 2.75) is 12.5 Å². The minimum Gasteiger partial charge on any atom is -0.363 e. The molecule has 2 aromatic heterocycles. The normalized spacial score (nSPS) is 11.9. The number of nitrogens with two attached hydrogens (primary N) is 1. The van der Waals surface area contributed by atoms with Gasteiger partial charge in [-0.15, -0.1) is 0 Å². The van der Waals surface area contributed by atoms with Crippen molar-refractivity contribution in [3.63, 3.8) is 0 Å². The molecule has 0 radical (unpaired) electrons. The molecule has 0 saturated carbocycles. The van der Waals surface area contributed by atoms with Gasteiger partial charge in [-0.2, -0.15) is 10.2 Å². The van der Waals surface area contributed by atoms with Gasteiger partial charge in [-0.3, -0.25) is 23.7 Å². The molecule has 0 aliphatic carbocycles. The number of aryl methyl sites for hydroxylation is 2. The fraction of sp³-hybridized carbons (Fsp3) is 0.174. The van der Waals surface area contributed by atoms with E-state index in [1.807, 2.05) is 61.8 Å². The number of rotatable bonds is 7. The molecule has 4 rings (SSSR count). The van der Waals surface area contributed by atoms with Crippen LogP contribution in [0.4, 0.5) is 0 Å². The van der Waals surface area contributed by atoms with Crippen LogP contribution >= 0.6 is 0 Å². The van der Waals surface area contributed by atoms with Crippen molar-refractivity contribution in [1.82, 2.24) is 24.9 Å². The fourth-order valence-corrected chi connectivity index (χ4v) is 3.68. The van der Waals surface area contributed by atoms with Crippen molar-refractivity contribution in [1.29, 1.82) is 0 Å². The van der Waals surface area contributed by atoms with Gasteiger partial charge in [0, 0.05) is 43.9 Å². The number of ketones is 1. The molecule has 162 valence electrons. The molecular weight excluding hydrogens is 408 g/mol. The zero-order valence-corrected chi connectivity index (χ0v) is 17.6. The van der Waals surface area contributed by atoms with Crippen LogP contribution in [0.3, 0.4) is 0 Å². The number of hydrogen-bond donors (Lipinski definition) is 2. The summed E-state index contributed by atoms with van der Waals surface area (Å²) in [6.45, 7) is 0. The van der Waals surface area contributed by atoms with Gasteiger partial charge in [-0.1, -0.05) is 48.5 Å². The molecule has 0 spiro atoms. The SMILES string of the molecule is Cn1cc(C(=O)NC(Cc2ccccc2)C(=O)C(N)=O)c(-c2cccc3cn(C)nc23)n1. The molecule has 0 aliphatic heterocycles. The molecule has 9 nitrogen and oxygen atoms in total. The Morgan fingerprint density at radius 2 is 1.69 bits per heavy atom. The monoisotopic (exact) mass is 430 g/mol. The molecule has 0 fully saturated rings. The van der Waals surface area contributed by atoms with E-state index < -0.39 is 23.6 Å². The van der Waals surface area contributed by atoms with Crippen LogP contribution in [0.25, 0.3) is 22.2 Å². The highest BCUT2D eigenvalue weighted by Crippen LogP contribution is 2.29. The number of carbonyl (C=O) groups excluding carboxylic acids is 3. The summed E-state index contributed by atoms with van der Waals surface area (Å²) >= 11 is 0. The lowest BCUT2D eigenvalue weighted by molar-refractivity contribution is -0.137. The van der Waals surface area contributed by atoms with E-state index in [4.69, 9.17) is 5.73 Å². The molecular formula is C23H22N6O3. The lowest BCUT2D eigenvalue weighted by Crippen LogP contribution is -2.47. The second-order valence-corrected chi connectivity index (χ2v) is 7.56. The Balaban J connectivity index is 1.69. The van der Waals surface area contributed by atoms with E-state index in [0.717, 1.165) is 10.9 Å². The lowest BCUT2D eigenvalue weighted by Gasteiger charge is -2.16. The molecule has 0 aliphatic rings. The highest BCUT2D eigenvalue weighted by molar-refractivity contribution is 6.38. The fourth-order valence-electron chi connectivity index (χ4n) is 3.68. The van der Waals surface area contributed by atoms with E-state index in [1.54, 1.807) is 17.9 Å². The summed E-state index contributed by atoms with van der Waals surface area (Å²) in [6.07, 6.45) is 3.59. The van der Waals surface area contributed by atoms with Gasteiger partial charge in [0.15, 0.2) is 0 Å². The summed E-state index contributed by atoms with van der Waals surface area (Å²) in [7, 11) is 3.52. The molecule has 0 bridgehead atoms. The van der Waals surface area contributed by atoms with E-state index in [2.05, 4.69) is 15.5 Å². The Bertz CT molecular complexity index is 1320. The van der Waals surface area contributed by atoms with Crippen molar-refractivity contribution in [3.8, 4) is 11.3 Å². The van der Waals surface area contributed by atoms with Crippen LogP contribution in [0.15, 0.2) is 60.9 Å². The Labute approximate surface area is 183 Å². The largest absolute Gasteiger partial charge is 0.363 e. The molecule has 1 unspecified atom stereocenters. The van der Waals surface area contributed by atoms with Gasteiger partial charge in [0.1, 0.15) is 17.3 Å². The van der Waals surface area contributed by atoms with Gasteiger partial charge in [-0.25, -0.2) is 0 Å². The number of primary amides is 1. The third-order valence-electron chi connectivity index (χ3n) is 5.13. The Morgan fingerprint density at radius 3 is 2.41 bits per heavy atom. The molecule has 0 saturated heterocycles. The highest BCUT2D eigenvalue weighted by atomic mass is 16.2. The van der Waals surface area contributed by atoms with Gasteiger partial charge in [-0.05, 0) is 5.56 Å². The standard InChI is InChI=1S/C23H22N6O3/c1-28-12-15-9-6-10-16(19(15)26-28)20-17(13-29(2)27-20)23(32)25-18(21(30)22(24)31)11-14-7-4-3-5-8-14/h3-10,12-13,18H,11H2,1-2H3,(H2,24,31)(H,25,32). The van der Waals surface area contributed by atoms with Crippen LogP contribution in [0, 0.1) is 0 Å². The molecule has 3 N–H and O–H groups in total. The maximum absolute atomic E-state index is 13.2. The van der Waals surface area contributed by atoms with Crippen LogP contribution in [-0.2, 0) is 30.1 Å². The average Bonchev–Trinajstić information content (AvgIpc) is 3.34. The number of carbonyl (C=O) groups is 3. The van der Waals surface area contributed by atoms with E-state index in [0.29, 0.717) is 16.8 Å². The number of benzene rings is 2. The van der Waals surface area contributed by atoms with E-state index in [9.17, 15) is 14.4 Å². The smallest absolute Gasteiger partial charge is 0.287 e. The topological polar surface area (TPSA) is 125 Å². The van der Waals surface area contributed by atoms with Crippen LogP contribution in [0.5, 0.6) is 0 Å². The molecule has 9 heteroatoms. The zero-order chi connectivity index (χ0) is 22.8. The molecule has 1 atom stereocenters. The summed E-state index contributed by atoms with van der Waals surface area (Å²) in [5.41, 5.74) is 8.11. The minimum atomic E-state index is -1.10. The first-order valence-corrected chi connectivity index (χ1v) is 9.98. The number of fused-ring (bicyclic) bond motifs is 1. The predicted octanol–water partition coefficient (Wildman–Crippen LogP) is 1.37. The summed E-state index contributed by atoms with van der Waals surface area (Å²) in [4.78, 5) is 37.2. The second-order valence-electron chi connectivity index (χ2n) is 7.56. The first-order valence-electron chi connectivity index (χ1n) is 9.98. The Morgan fingerprint density at radius 1 is 0.969 bits per heavy atom. The average molecular weight is 430 g/mol. The number of aromatic nitrogens is 4. The van der Waals surface area contributed by atoms with Crippen LogP contribution in [0.1, 0.15) is 15.9 Å². The molecule has 4 aromatic rings. The van der Waals surface area contributed by atoms with Gasteiger partial charge in [0.2, 0.25) is 5.78 Å². The van der Waals surface area contributed by atoms with Gasteiger partial charge < -0.3 is 11.1 Å². The number of nitrogens with one attached hydrogen (secondary N) is 1. The summed E-state index contributed by atoms with van der Waals surface area (Å²) < 4.78 is 3.21. The van der Waals surface area contributed by atoms with E-state index in [-0.39, 0.29) is 12.0 Å². The predicted molar refractivity (Wildman–Crippen MR) is 119 cm³/mol. The first kappa shape index (κ1) is 21.0. The molecule has 2 heterocycles. The maximum Gasteiger partial charge on any atom is 0.287 e. The number of amides is 2. The molecule has 2 aromatic carbocycles. The van der Waals surface area contributed by atoms with Crippen molar-refractivity contribution in [3.05, 3.63) is 72.1 Å². The maximum atomic E-state index is 13.2. The second kappa shape index (κ2) is 8.46. The van der Waals surface area contributed by atoms with Gasteiger partial charge >= 0.3 is 0 Å². The number of hydrogen-bond acceptors (Lipinski definition) is 5. The Kier molecular flexibility index (Phi) is 5.55. The first-order chi connectivity index (χ1) is 15.3. The van der Waals surface area contributed by atoms with Crippen LogP contribution in [0.2, 0.25) is 0 Å². The van der Waals surface area contributed by atoms with E-state index >= 15 is 0 Å². The third kappa shape index (κ3) is 4.13. The van der Waals surface area contributed by atoms with Crippen molar-refractivity contribution >= 4 is 28.5 Å². The quantitative estimate of drug-likeness (QED) is 0.429. The number of Topliss-reactive ketones (excluding diaryl/α,β-unsaturated/α-hetero) is 1. The van der Waals surface area contributed by atoms with E-state index in [1.165, 1.54) is 4.68 Å². The Hall–Kier alpha value is -4.27. The number of nitrogens with zero attached hydrogens (tertiary/aromatic N) is 4.